The van der Waals surface area contributed by atoms with Crippen LogP contribution in [0, 0.1) is 6.92 Å². The molecule has 1 aromatic carbocycles. The van der Waals surface area contributed by atoms with E-state index in [0.717, 1.165) is 27.2 Å². The van der Waals surface area contributed by atoms with Gasteiger partial charge in [0.2, 0.25) is 5.91 Å². The minimum atomic E-state index is -0.0299. The Kier molecular flexibility index (Phi) is 11.1. The Balaban J connectivity index is 0.00000264. The first-order chi connectivity index (χ1) is 10.6. The fourth-order valence-corrected chi connectivity index (χ4v) is 3.32. The van der Waals surface area contributed by atoms with Crippen LogP contribution in [0.25, 0.3) is 0 Å². The van der Waals surface area contributed by atoms with Crippen molar-refractivity contribution in [1.82, 2.24) is 4.98 Å². The number of aryl methyl sites for hydroxylation is 1. The molecule has 3 N–H and O–H groups in total. The molecule has 132 valence electrons. The number of anilines is 2. The van der Waals surface area contributed by atoms with Gasteiger partial charge in [-0.25, -0.2) is 0 Å². The topological polar surface area (TPSA) is 68.0 Å². The molecule has 2 aromatic rings. The van der Waals surface area contributed by atoms with Gasteiger partial charge in [-0.3, -0.25) is 9.78 Å². The van der Waals surface area contributed by atoms with Gasteiger partial charge in [-0.05, 0) is 36.8 Å². The highest BCUT2D eigenvalue weighted by atomic mass is 79.9. The number of carbonyl (C=O) groups excluding carboxylic acids is 1. The molecule has 0 radical (unpaired) electrons. The molecule has 0 aliphatic carbocycles. The van der Waals surface area contributed by atoms with Crippen molar-refractivity contribution in [3.63, 3.8) is 0 Å². The Morgan fingerprint density at radius 3 is 2.75 bits per heavy atom. The van der Waals surface area contributed by atoms with E-state index < -0.39 is 0 Å². The second kappa shape index (κ2) is 11.6. The predicted molar refractivity (Wildman–Crippen MR) is 111 cm³/mol. The first-order valence-electron chi connectivity index (χ1n) is 6.89. The molecule has 8 heteroatoms. The summed E-state index contributed by atoms with van der Waals surface area (Å²) in [4.78, 5) is 16.2. The van der Waals surface area contributed by atoms with Crippen molar-refractivity contribution in [3.8, 4) is 0 Å². The third-order valence-electron chi connectivity index (χ3n) is 3.08. The summed E-state index contributed by atoms with van der Waals surface area (Å²) in [7, 11) is 0. The molecule has 0 saturated carbocycles. The van der Waals surface area contributed by atoms with Gasteiger partial charge in [0.05, 0.1) is 17.1 Å². The quantitative estimate of drug-likeness (QED) is 0.486. The molecule has 1 aromatic heterocycles. The Labute approximate surface area is 167 Å². The van der Waals surface area contributed by atoms with Gasteiger partial charge < -0.3 is 11.1 Å². The van der Waals surface area contributed by atoms with Crippen LogP contribution in [-0.4, -0.2) is 16.6 Å². The predicted octanol–water partition coefficient (Wildman–Crippen LogP) is 4.84. The summed E-state index contributed by atoms with van der Waals surface area (Å²) in [5.74, 6) is 1.53. The maximum Gasteiger partial charge on any atom is 0.225 e. The lowest BCUT2D eigenvalue weighted by molar-refractivity contribution is -0.115. The van der Waals surface area contributed by atoms with Gasteiger partial charge in [-0.15, -0.1) is 24.8 Å². The van der Waals surface area contributed by atoms with Crippen LogP contribution in [0.3, 0.4) is 0 Å². The molecule has 0 spiro atoms. The number of nitrogen functional groups attached to an aromatic ring is 1. The lowest BCUT2D eigenvalue weighted by Gasteiger charge is -2.11. The molecule has 24 heavy (non-hydrogen) atoms. The van der Waals surface area contributed by atoms with E-state index >= 15 is 0 Å². The zero-order valence-corrected chi connectivity index (χ0v) is 17.2. The van der Waals surface area contributed by atoms with Crippen molar-refractivity contribution in [1.29, 1.82) is 0 Å². The Morgan fingerprint density at radius 1 is 1.33 bits per heavy atom. The average Bonchev–Trinajstić information content (AvgIpc) is 2.50. The highest BCUT2D eigenvalue weighted by Crippen LogP contribution is 2.27. The number of benzene rings is 1. The smallest absolute Gasteiger partial charge is 0.225 e. The first-order valence-corrected chi connectivity index (χ1v) is 8.84. The highest BCUT2D eigenvalue weighted by Gasteiger charge is 2.08. The van der Waals surface area contributed by atoms with Gasteiger partial charge in [0.15, 0.2) is 0 Å². The fourth-order valence-electron chi connectivity index (χ4n) is 1.90. The summed E-state index contributed by atoms with van der Waals surface area (Å²) in [6, 6.07) is 9.59. The van der Waals surface area contributed by atoms with Crippen molar-refractivity contribution in [2.75, 3.05) is 16.8 Å². The summed E-state index contributed by atoms with van der Waals surface area (Å²) < 4.78 is 0.902. The van der Waals surface area contributed by atoms with Crippen LogP contribution in [0.4, 0.5) is 11.4 Å². The molecule has 0 unspecified atom stereocenters. The zero-order chi connectivity index (χ0) is 15.9. The molecule has 1 amide bonds. The van der Waals surface area contributed by atoms with Crippen molar-refractivity contribution in [3.05, 3.63) is 52.3 Å². The molecular formula is C16H20BrCl2N3OS. The Morgan fingerprint density at radius 2 is 2.08 bits per heavy atom. The summed E-state index contributed by atoms with van der Waals surface area (Å²) in [6.07, 6.45) is 2.23. The number of nitrogens with zero attached hydrogens (tertiary/aromatic N) is 1. The molecule has 4 nitrogen and oxygen atoms in total. The van der Waals surface area contributed by atoms with Gasteiger partial charge >= 0.3 is 0 Å². The van der Waals surface area contributed by atoms with Crippen molar-refractivity contribution < 1.29 is 4.79 Å². The van der Waals surface area contributed by atoms with Gasteiger partial charge in [-0.1, -0.05) is 22.0 Å². The molecule has 0 aliphatic rings. The van der Waals surface area contributed by atoms with Crippen LogP contribution < -0.4 is 11.1 Å². The molecular weight excluding hydrogens is 433 g/mol. The number of thioether (sulfide) groups is 1. The zero-order valence-electron chi connectivity index (χ0n) is 13.1. The molecule has 1 heterocycles. The van der Waals surface area contributed by atoms with E-state index in [1.54, 1.807) is 18.0 Å². The monoisotopic (exact) mass is 451 g/mol. The molecule has 0 aliphatic heterocycles. The van der Waals surface area contributed by atoms with Crippen LogP contribution in [0.15, 0.2) is 41.0 Å². The molecule has 2 rings (SSSR count). The summed E-state index contributed by atoms with van der Waals surface area (Å²) in [5.41, 5.74) is 9.22. The highest BCUT2D eigenvalue weighted by molar-refractivity contribution is 9.10. The van der Waals surface area contributed by atoms with Gasteiger partial charge in [0.25, 0.3) is 0 Å². The number of rotatable bonds is 6. The van der Waals surface area contributed by atoms with Gasteiger partial charge in [-0.2, -0.15) is 11.8 Å². The number of aromatic nitrogens is 1. The van der Waals surface area contributed by atoms with Crippen molar-refractivity contribution in [2.24, 2.45) is 0 Å². The van der Waals surface area contributed by atoms with E-state index in [1.807, 2.05) is 37.3 Å². The van der Waals surface area contributed by atoms with Crippen LogP contribution in [0.1, 0.15) is 17.7 Å². The molecule has 0 saturated heterocycles. The van der Waals surface area contributed by atoms with Crippen LogP contribution in [0.5, 0.6) is 0 Å². The van der Waals surface area contributed by atoms with Crippen LogP contribution >= 0.6 is 52.5 Å². The van der Waals surface area contributed by atoms with Crippen molar-refractivity contribution >= 4 is 69.8 Å². The number of halogens is 3. The number of hydrogen-bond acceptors (Lipinski definition) is 4. The summed E-state index contributed by atoms with van der Waals surface area (Å²) in [5, 5.41) is 2.87. The molecule has 0 bridgehead atoms. The number of nitrogens with one attached hydrogen (secondary N) is 1. The van der Waals surface area contributed by atoms with E-state index in [-0.39, 0.29) is 30.7 Å². The fraction of sp³-hybridized carbons (Fsp3) is 0.250. The molecule has 0 fully saturated rings. The van der Waals surface area contributed by atoms with Crippen LogP contribution in [0.2, 0.25) is 0 Å². The minimum absolute atomic E-state index is 0. The van der Waals surface area contributed by atoms with E-state index in [4.69, 9.17) is 5.73 Å². The van der Waals surface area contributed by atoms with E-state index in [9.17, 15) is 4.79 Å². The normalized spacial score (nSPS) is 9.58. The van der Waals surface area contributed by atoms with Gasteiger partial charge in [0.1, 0.15) is 0 Å². The second-order valence-corrected chi connectivity index (χ2v) is 6.88. The third-order valence-corrected chi connectivity index (χ3v) is 4.53. The lowest BCUT2D eigenvalue weighted by Crippen LogP contribution is -2.14. The summed E-state index contributed by atoms with van der Waals surface area (Å²) >= 11 is 5.10. The summed E-state index contributed by atoms with van der Waals surface area (Å²) in [6.45, 7) is 1.92. The number of hydrogen-bond donors (Lipinski definition) is 2. The number of nitrogens with two attached hydrogens (primary N) is 1. The molecule has 0 atom stereocenters. The maximum absolute atomic E-state index is 12.0. The second-order valence-electron chi connectivity index (χ2n) is 4.86. The average molecular weight is 453 g/mol. The van der Waals surface area contributed by atoms with Crippen molar-refractivity contribution in [2.45, 2.75) is 19.1 Å². The SMILES string of the molecule is Cc1cc(Br)cc(NC(=O)CCSCc2ccccn2)c1N.Cl.Cl. The number of amides is 1. The Hall–Kier alpha value is -0.950. The third kappa shape index (κ3) is 7.30. The maximum atomic E-state index is 12.0. The number of pyridine rings is 1. The minimum Gasteiger partial charge on any atom is -0.397 e. The standard InChI is InChI=1S/C16H18BrN3OS.2ClH/c1-11-8-12(17)9-14(16(11)18)20-15(21)5-7-22-10-13-4-2-3-6-19-13;;/h2-4,6,8-9H,5,7,10,18H2,1H3,(H,20,21);2*1H. The number of carbonyl (C=O) groups is 1. The van der Waals surface area contributed by atoms with E-state index in [2.05, 4.69) is 26.2 Å². The largest absolute Gasteiger partial charge is 0.397 e. The van der Waals surface area contributed by atoms with E-state index in [0.29, 0.717) is 17.8 Å². The first kappa shape index (κ1) is 23.1. The van der Waals surface area contributed by atoms with Gasteiger partial charge in [0, 0.05) is 28.6 Å². The Bertz CT molecular complexity index is 659. The lowest BCUT2D eigenvalue weighted by atomic mass is 10.1. The van der Waals surface area contributed by atoms with E-state index in [1.165, 1.54) is 0 Å². The van der Waals surface area contributed by atoms with Crippen LogP contribution in [-0.2, 0) is 10.5 Å².